The molecular weight excluding hydrogens is 510 g/mol. The molecule has 0 spiro atoms. The summed E-state index contributed by atoms with van der Waals surface area (Å²) in [5, 5.41) is 13.6. The Morgan fingerprint density at radius 1 is 1.36 bits per heavy atom. The van der Waals surface area contributed by atoms with Crippen LogP contribution in [0.3, 0.4) is 0 Å². The van der Waals surface area contributed by atoms with Gasteiger partial charge in [-0.1, -0.05) is 47.3 Å². The van der Waals surface area contributed by atoms with Crippen LogP contribution >= 0.6 is 11.3 Å². The molecule has 0 bridgehead atoms. The normalized spacial score (nSPS) is 18.5. The summed E-state index contributed by atoms with van der Waals surface area (Å²) in [5.74, 6) is 0.951. The first kappa shape index (κ1) is 30.8. The number of nitrogens with zero attached hydrogens (tertiary/aromatic N) is 4. The third-order valence-electron chi connectivity index (χ3n) is 6.94. The minimum Gasteiger partial charge on any atom is -0.391 e. The summed E-state index contributed by atoms with van der Waals surface area (Å²) in [4.78, 5) is 37.5. The highest BCUT2D eigenvalue weighted by molar-refractivity contribution is 7.18. The van der Waals surface area contributed by atoms with E-state index in [0.717, 1.165) is 42.9 Å². The first-order valence-electron chi connectivity index (χ1n) is 14.3. The number of thiazole rings is 1. The Hall–Kier alpha value is -2.75. The molecule has 2 atom stereocenters. The molecule has 0 radical (unpaired) electrons. The van der Waals surface area contributed by atoms with Gasteiger partial charge in [-0.3, -0.25) is 23.9 Å². The number of nitrogens with one attached hydrogen (secondary N) is 1. The molecule has 4 rings (SSSR count). The van der Waals surface area contributed by atoms with E-state index in [1.54, 1.807) is 17.2 Å². The smallest absolute Gasteiger partial charge is 0.260 e. The number of aliphatic hydroxyl groups is 1. The van der Waals surface area contributed by atoms with E-state index in [1.807, 2.05) is 37.3 Å². The lowest BCUT2D eigenvalue weighted by molar-refractivity contribution is 0.0765. The van der Waals surface area contributed by atoms with Crippen LogP contribution in [0.1, 0.15) is 93.7 Å². The van der Waals surface area contributed by atoms with Crippen LogP contribution in [0.15, 0.2) is 22.4 Å². The Morgan fingerprint density at radius 3 is 2.69 bits per heavy atom. The summed E-state index contributed by atoms with van der Waals surface area (Å²) in [5.41, 5.74) is 1.05. The number of carbonyl (C=O) groups excluding carboxylic acids is 1. The van der Waals surface area contributed by atoms with Gasteiger partial charge in [0.25, 0.3) is 5.91 Å². The highest BCUT2D eigenvalue weighted by atomic mass is 32.1. The lowest BCUT2D eigenvalue weighted by Crippen LogP contribution is -2.44. The summed E-state index contributed by atoms with van der Waals surface area (Å²) >= 11 is 1.39. The number of β-amino-alcohol motifs (C(OH)–C–C–N with tert-alkyl or cyclic N) is 1. The lowest BCUT2D eigenvalue weighted by Gasteiger charge is -2.33. The number of allylic oxidation sites excluding steroid dienone is 1. The minimum absolute atomic E-state index is 0.130. The molecule has 4 heterocycles. The van der Waals surface area contributed by atoms with Crippen LogP contribution in [-0.2, 0) is 0 Å². The van der Waals surface area contributed by atoms with E-state index in [-0.39, 0.29) is 29.7 Å². The fourth-order valence-electron chi connectivity index (χ4n) is 5.10. The summed E-state index contributed by atoms with van der Waals surface area (Å²) in [7, 11) is 0. The molecule has 1 amide bonds. The van der Waals surface area contributed by atoms with Gasteiger partial charge in [-0.15, -0.1) is 11.3 Å². The van der Waals surface area contributed by atoms with E-state index in [4.69, 9.17) is 4.99 Å². The number of fused-ring (bicyclic) bond motifs is 3. The molecule has 1 saturated heterocycles. The van der Waals surface area contributed by atoms with Gasteiger partial charge in [0, 0.05) is 32.4 Å². The van der Waals surface area contributed by atoms with Crippen molar-refractivity contribution < 1.29 is 9.90 Å². The zero-order valence-corrected chi connectivity index (χ0v) is 25.2. The van der Waals surface area contributed by atoms with Crippen molar-refractivity contribution in [3.05, 3.63) is 44.6 Å². The maximum atomic E-state index is 13.8. The van der Waals surface area contributed by atoms with E-state index in [1.165, 1.54) is 11.3 Å². The number of hydrogen-bond acceptors (Lipinski definition) is 7. The van der Waals surface area contributed by atoms with E-state index >= 15 is 0 Å². The van der Waals surface area contributed by atoms with E-state index in [2.05, 4.69) is 37.6 Å². The van der Waals surface area contributed by atoms with Gasteiger partial charge in [-0.2, -0.15) is 0 Å². The van der Waals surface area contributed by atoms with E-state index in [9.17, 15) is 14.7 Å². The second kappa shape index (κ2) is 14.1. The molecule has 0 saturated carbocycles. The third-order valence-corrected chi connectivity index (χ3v) is 8.11. The van der Waals surface area contributed by atoms with Crippen LogP contribution in [0, 0.1) is 5.92 Å². The second-order valence-electron chi connectivity index (χ2n) is 10.2. The van der Waals surface area contributed by atoms with E-state index < -0.39 is 6.10 Å². The number of rotatable bonds is 10. The molecule has 2 unspecified atom stereocenters. The second-order valence-corrected chi connectivity index (χ2v) is 11.3. The molecule has 0 aromatic carbocycles. The molecule has 39 heavy (non-hydrogen) atoms. The molecule has 1 fully saturated rings. The summed E-state index contributed by atoms with van der Waals surface area (Å²) in [6, 6.07) is 0. The molecule has 0 aliphatic carbocycles. The van der Waals surface area contributed by atoms with Gasteiger partial charge in [-0.25, -0.2) is 0 Å². The van der Waals surface area contributed by atoms with Crippen LogP contribution in [0.2, 0.25) is 0 Å². The number of carbonyl (C=O) groups is 1. The number of pyridine rings is 1. The molecule has 2 aromatic heterocycles. The van der Waals surface area contributed by atoms with E-state index in [0.29, 0.717) is 35.1 Å². The summed E-state index contributed by atoms with van der Waals surface area (Å²) in [6.07, 6.45) is 10.2. The Morgan fingerprint density at radius 2 is 2.10 bits per heavy atom. The minimum atomic E-state index is -0.560. The van der Waals surface area contributed by atoms with Crippen LogP contribution in [0.4, 0.5) is 5.82 Å². The van der Waals surface area contributed by atoms with Crippen molar-refractivity contribution in [1.29, 1.82) is 0 Å². The fraction of sp³-hybridized carbons (Fsp3) is 0.567. The number of aromatic nitrogens is 1. The summed E-state index contributed by atoms with van der Waals surface area (Å²) in [6.45, 7) is 19.0. The van der Waals surface area contributed by atoms with Gasteiger partial charge in [0.1, 0.15) is 16.2 Å². The van der Waals surface area contributed by atoms with Crippen molar-refractivity contribution in [1.82, 2.24) is 14.2 Å². The molecular formula is C30H45N5O3S. The molecule has 2 aromatic rings. The Kier molecular flexibility index (Phi) is 11.1. The third kappa shape index (κ3) is 6.53. The highest BCUT2D eigenvalue weighted by Crippen LogP contribution is 2.34. The predicted octanol–water partition coefficient (Wildman–Crippen LogP) is 5.55. The Labute approximate surface area is 236 Å². The molecule has 2 N–H and O–H groups in total. The van der Waals surface area contributed by atoms with Gasteiger partial charge in [0.2, 0.25) is 5.43 Å². The first-order chi connectivity index (χ1) is 18.8. The SMILES string of the molecule is C=Cc1sc2c(C(=O)N3CCC(O)C3)c(=O)c3c(n2c1/C=C\C)NC(N(CCC)CCCC(C)C)N=C3.CC. The fourth-order valence-corrected chi connectivity index (χ4v) is 6.22. The standard InChI is InChI=1S/C28H39N5O3S.C2H6/c1-6-10-21-22(8-3)37-27-23(26(36)32-15-12-19(34)17-32)24(35)20-16-29-28(30-25(20)33(21)27)31(13-7-2)14-9-11-18(4)5;1-2/h6,8,10,16,18-19,28,30,34H,3,7,9,11-15,17H2,1-2,4-5H3;1-2H3/b10-6-;. The molecule has 2 aliphatic rings. The largest absolute Gasteiger partial charge is 0.391 e. The van der Waals surface area contributed by atoms with Gasteiger partial charge in [0.05, 0.1) is 22.2 Å². The number of hydrogen-bond donors (Lipinski definition) is 2. The maximum absolute atomic E-state index is 13.8. The number of likely N-dealkylation sites (tertiary alicyclic amines) is 1. The van der Waals surface area contributed by atoms with Crippen molar-refractivity contribution >= 4 is 46.3 Å². The summed E-state index contributed by atoms with van der Waals surface area (Å²) < 4.78 is 1.98. The molecule has 214 valence electrons. The Bertz CT molecular complexity index is 1280. The first-order valence-corrected chi connectivity index (χ1v) is 15.1. The zero-order valence-electron chi connectivity index (χ0n) is 24.4. The molecule has 9 heteroatoms. The van der Waals surface area contributed by atoms with Crippen molar-refractivity contribution in [2.75, 3.05) is 31.5 Å². The monoisotopic (exact) mass is 555 g/mol. The van der Waals surface area contributed by atoms with Crippen LogP contribution in [0.5, 0.6) is 0 Å². The van der Waals surface area contributed by atoms with Gasteiger partial charge >= 0.3 is 0 Å². The number of anilines is 1. The average molecular weight is 556 g/mol. The van der Waals surface area contributed by atoms with Gasteiger partial charge in [0.15, 0.2) is 6.29 Å². The topological polar surface area (TPSA) is 89.7 Å². The van der Waals surface area contributed by atoms with Crippen molar-refractivity contribution in [3.63, 3.8) is 0 Å². The highest BCUT2D eigenvalue weighted by Gasteiger charge is 2.33. The number of aliphatic imine (C=N–C) groups is 1. The van der Waals surface area contributed by atoms with Gasteiger partial charge < -0.3 is 15.3 Å². The number of aliphatic hydroxyl groups excluding tert-OH is 1. The zero-order chi connectivity index (χ0) is 28.7. The van der Waals surface area contributed by atoms with Crippen LogP contribution in [0.25, 0.3) is 17.0 Å². The van der Waals surface area contributed by atoms with Crippen LogP contribution < -0.4 is 10.7 Å². The van der Waals surface area contributed by atoms with Crippen molar-refractivity contribution in [3.8, 4) is 0 Å². The predicted molar refractivity (Wildman–Crippen MR) is 165 cm³/mol. The van der Waals surface area contributed by atoms with Crippen LogP contribution in [-0.4, -0.2) is 70.0 Å². The van der Waals surface area contributed by atoms with Crippen molar-refractivity contribution in [2.45, 2.75) is 79.6 Å². The average Bonchev–Trinajstić information content (AvgIpc) is 3.52. The maximum Gasteiger partial charge on any atom is 0.260 e. The van der Waals surface area contributed by atoms with Gasteiger partial charge in [-0.05, 0) is 50.7 Å². The molecule has 8 nitrogen and oxygen atoms in total. The Balaban J connectivity index is 0.00000205. The molecule has 2 aliphatic heterocycles. The quantitative estimate of drug-likeness (QED) is 0.401. The number of amides is 1. The van der Waals surface area contributed by atoms with Crippen molar-refractivity contribution in [2.24, 2.45) is 10.9 Å². The lowest BCUT2D eigenvalue weighted by atomic mass is 10.1.